The molecule has 2 N–H and O–H groups in total. The molecule has 0 fully saturated rings. The van der Waals surface area contributed by atoms with Crippen LogP contribution >= 0.6 is 0 Å². The fourth-order valence-electron chi connectivity index (χ4n) is 1.42. The third-order valence-electron chi connectivity index (χ3n) is 2.76. The van der Waals surface area contributed by atoms with Crippen LogP contribution in [0.4, 0.5) is 4.79 Å². The van der Waals surface area contributed by atoms with Crippen molar-refractivity contribution < 1.29 is 19.1 Å². The molecular weight excluding hydrogens is 236 g/mol. The molecule has 2 amide bonds. The van der Waals surface area contributed by atoms with Gasteiger partial charge in [0.1, 0.15) is 11.8 Å². The summed E-state index contributed by atoms with van der Waals surface area (Å²) in [5, 5.41) is 11.8. The van der Waals surface area contributed by atoms with Crippen molar-refractivity contribution in [1.29, 1.82) is 0 Å². The van der Waals surface area contributed by atoms with Gasteiger partial charge in [0.25, 0.3) is 0 Å². The Labute approximate surface area is 107 Å². The number of nitrogens with zero attached hydrogens (tertiary/aromatic N) is 1. The zero-order chi connectivity index (χ0) is 13.5. The van der Waals surface area contributed by atoms with Crippen LogP contribution in [0.1, 0.15) is 18.7 Å². The van der Waals surface area contributed by atoms with Gasteiger partial charge in [0, 0.05) is 14.2 Å². The third-order valence-corrected chi connectivity index (χ3v) is 2.76. The fourth-order valence-corrected chi connectivity index (χ4v) is 1.42. The Morgan fingerprint density at radius 3 is 2.89 bits per heavy atom. The molecule has 0 saturated heterocycles. The second-order valence-corrected chi connectivity index (χ2v) is 4.12. The van der Waals surface area contributed by atoms with Gasteiger partial charge in [-0.3, -0.25) is 0 Å². The van der Waals surface area contributed by atoms with Gasteiger partial charge < -0.3 is 24.5 Å². The Kier molecular flexibility index (Phi) is 5.67. The number of carbonyl (C=O) groups is 1. The monoisotopic (exact) mass is 256 g/mol. The van der Waals surface area contributed by atoms with Gasteiger partial charge in [0.05, 0.1) is 25.5 Å². The summed E-state index contributed by atoms with van der Waals surface area (Å²) in [7, 11) is 3.18. The van der Waals surface area contributed by atoms with Crippen molar-refractivity contribution in [3.05, 3.63) is 24.2 Å². The van der Waals surface area contributed by atoms with Crippen LogP contribution < -0.4 is 5.32 Å². The van der Waals surface area contributed by atoms with Crippen molar-refractivity contribution >= 4 is 6.03 Å². The number of hydrogen-bond donors (Lipinski definition) is 2. The van der Waals surface area contributed by atoms with E-state index < -0.39 is 0 Å². The molecule has 18 heavy (non-hydrogen) atoms. The summed E-state index contributed by atoms with van der Waals surface area (Å²) in [5.41, 5.74) is 0. The van der Waals surface area contributed by atoms with E-state index in [0.29, 0.717) is 12.4 Å². The molecule has 6 heteroatoms. The number of rotatable bonds is 6. The molecule has 1 heterocycles. The summed E-state index contributed by atoms with van der Waals surface area (Å²) in [4.78, 5) is 13.4. The number of furan rings is 1. The van der Waals surface area contributed by atoms with Gasteiger partial charge in [-0.25, -0.2) is 4.79 Å². The van der Waals surface area contributed by atoms with Gasteiger partial charge in [-0.2, -0.15) is 0 Å². The lowest BCUT2D eigenvalue weighted by atomic mass is 10.2. The molecule has 0 saturated carbocycles. The number of nitrogens with one attached hydrogen (secondary N) is 1. The Morgan fingerprint density at radius 2 is 2.39 bits per heavy atom. The largest absolute Gasteiger partial charge is 0.467 e. The molecule has 1 rings (SSSR count). The van der Waals surface area contributed by atoms with E-state index in [0.717, 1.165) is 0 Å². The molecule has 0 radical (unpaired) electrons. The second kappa shape index (κ2) is 7.03. The topological polar surface area (TPSA) is 74.9 Å². The van der Waals surface area contributed by atoms with Crippen molar-refractivity contribution in [3.8, 4) is 0 Å². The molecule has 2 unspecified atom stereocenters. The molecule has 0 aliphatic rings. The maximum atomic E-state index is 11.9. The molecular formula is C12H20N2O4. The minimum absolute atomic E-state index is 0.0837. The van der Waals surface area contributed by atoms with Crippen molar-refractivity contribution in [1.82, 2.24) is 10.2 Å². The predicted octanol–water partition coefficient (Wildman–Crippen LogP) is 0.989. The Morgan fingerprint density at radius 1 is 1.67 bits per heavy atom. The zero-order valence-electron chi connectivity index (χ0n) is 10.9. The van der Waals surface area contributed by atoms with Crippen molar-refractivity contribution in [2.45, 2.75) is 19.0 Å². The van der Waals surface area contributed by atoms with E-state index in [1.54, 1.807) is 39.5 Å². The lowest BCUT2D eigenvalue weighted by Crippen LogP contribution is -2.45. The summed E-state index contributed by atoms with van der Waals surface area (Å²) in [6, 6.07) is 2.66. The zero-order valence-corrected chi connectivity index (χ0v) is 10.9. The number of likely N-dealkylation sites (N-methyl/N-ethyl adjacent to an activating group) is 1. The fraction of sp³-hybridized carbons (Fsp3) is 0.583. The minimum atomic E-state index is -0.342. The Bertz CT molecular complexity index is 353. The quantitative estimate of drug-likeness (QED) is 0.796. The first-order chi connectivity index (χ1) is 8.60. The van der Waals surface area contributed by atoms with E-state index in [1.807, 2.05) is 0 Å². The molecule has 0 aliphatic heterocycles. The van der Waals surface area contributed by atoms with E-state index in [4.69, 9.17) is 14.3 Å². The van der Waals surface area contributed by atoms with E-state index >= 15 is 0 Å². The summed E-state index contributed by atoms with van der Waals surface area (Å²) >= 11 is 0. The van der Waals surface area contributed by atoms with Gasteiger partial charge in [0.2, 0.25) is 0 Å². The molecule has 2 atom stereocenters. The van der Waals surface area contributed by atoms with E-state index in [2.05, 4.69) is 5.32 Å². The van der Waals surface area contributed by atoms with E-state index in [9.17, 15) is 4.79 Å². The molecule has 1 aromatic rings. The predicted molar refractivity (Wildman–Crippen MR) is 66.2 cm³/mol. The highest BCUT2D eigenvalue weighted by atomic mass is 16.5. The third kappa shape index (κ3) is 3.75. The van der Waals surface area contributed by atoms with Crippen LogP contribution in [0.15, 0.2) is 22.8 Å². The van der Waals surface area contributed by atoms with Crippen LogP contribution in [0.5, 0.6) is 0 Å². The molecule has 0 aliphatic carbocycles. The highest BCUT2D eigenvalue weighted by Crippen LogP contribution is 2.14. The van der Waals surface area contributed by atoms with Gasteiger partial charge in [0.15, 0.2) is 0 Å². The molecule has 0 bridgehead atoms. The van der Waals surface area contributed by atoms with E-state index in [-0.39, 0.29) is 24.7 Å². The van der Waals surface area contributed by atoms with Crippen molar-refractivity contribution in [2.75, 3.05) is 27.4 Å². The number of aliphatic hydroxyl groups excluding tert-OH is 1. The normalized spacial score (nSPS) is 14.0. The molecule has 0 aromatic carbocycles. The van der Waals surface area contributed by atoms with Crippen LogP contribution in [-0.4, -0.2) is 49.5 Å². The second-order valence-electron chi connectivity index (χ2n) is 4.12. The highest BCUT2D eigenvalue weighted by molar-refractivity contribution is 5.74. The molecule has 0 spiro atoms. The number of carbonyl (C=O) groups excluding carboxylic acids is 1. The molecule has 1 aromatic heterocycles. The number of aliphatic hydroxyl groups is 1. The standard InChI is InChI=1S/C12H20N2O4/c1-9(7-15)14(2)12(16)13-10(8-17-3)11-5-4-6-18-11/h4-6,9-10,15H,7-8H2,1-3H3,(H,13,16). The van der Waals surface area contributed by atoms with Crippen LogP contribution in [0.3, 0.4) is 0 Å². The van der Waals surface area contributed by atoms with Crippen LogP contribution in [0.2, 0.25) is 0 Å². The Hall–Kier alpha value is -1.53. The number of amides is 2. The number of urea groups is 1. The van der Waals surface area contributed by atoms with E-state index in [1.165, 1.54) is 4.90 Å². The van der Waals surface area contributed by atoms with Crippen LogP contribution in [0, 0.1) is 0 Å². The lowest BCUT2D eigenvalue weighted by Gasteiger charge is -2.26. The molecule has 6 nitrogen and oxygen atoms in total. The SMILES string of the molecule is COCC(NC(=O)N(C)C(C)CO)c1ccco1. The minimum Gasteiger partial charge on any atom is -0.467 e. The first-order valence-corrected chi connectivity index (χ1v) is 5.76. The number of ether oxygens (including phenoxy) is 1. The van der Waals surface area contributed by atoms with Gasteiger partial charge in [-0.15, -0.1) is 0 Å². The molecule has 102 valence electrons. The van der Waals surface area contributed by atoms with Gasteiger partial charge in [-0.1, -0.05) is 0 Å². The highest BCUT2D eigenvalue weighted by Gasteiger charge is 2.21. The Balaban J connectivity index is 2.64. The summed E-state index contributed by atoms with van der Waals surface area (Å²) in [5.74, 6) is 0.634. The summed E-state index contributed by atoms with van der Waals surface area (Å²) < 4.78 is 10.3. The van der Waals surface area contributed by atoms with Crippen molar-refractivity contribution in [3.63, 3.8) is 0 Å². The number of methoxy groups -OCH3 is 1. The van der Waals surface area contributed by atoms with Crippen molar-refractivity contribution in [2.24, 2.45) is 0 Å². The first kappa shape index (κ1) is 14.5. The van der Waals surface area contributed by atoms with Gasteiger partial charge >= 0.3 is 6.03 Å². The summed E-state index contributed by atoms with van der Waals surface area (Å²) in [6.45, 7) is 2.00. The van der Waals surface area contributed by atoms with Crippen LogP contribution in [-0.2, 0) is 4.74 Å². The average molecular weight is 256 g/mol. The van der Waals surface area contributed by atoms with Crippen LogP contribution in [0.25, 0.3) is 0 Å². The first-order valence-electron chi connectivity index (χ1n) is 5.76. The smallest absolute Gasteiger partial charge is 0.318 e. The number of hydrogen-bond acceptors (Lipinski definition) is 4. The summed E-state index contributed by atoms with van der Waals surface area (Å²) in [6.07, 6.45) is 1.55. The lowest BCUT2D eigenvalue weighted by molar-refractivity contribution is 0.134. The van der Waals surface area contributed by atoms with Gasteiger partial charge in [-0.05, 0) is 19.1 Å². The maximum absolute atomic E-state index is 11.9. The average Bonchev–Trinajstić information content (AvgIpc) is 2.90. The maximum Gasteiger partial charge on any atom is 0.318 e.